The Morgan fingerprint density at radius 2 is 2.06 bits per heavy atom. The summed E-state index contributed by atoms with van der Waals surface area (Å²) in [4.78, 5) is 0. The van der Waals surface area contributed by atoms with Gasteiger partial charge in [-0.05, 0) is 0 Å². The largest absolute Gasteiger partial charge is 0.423 e. The third-order valence-electron chi connectivity index (χ3n) is 2.36. The molecule has 0 fully saturated rings. The molecule has 0 radical (unpaired) electrons. The third-order valence-corrected chi connectivity index (χ3v) is 2.36. The molecule has 2 heterocycles. The van der Waals surface area contributed by atoms with Crippen LogP contribution < -0.4 is 0 Å². The van der Waals surface area contributed by atoms with Crippen molar-refractivity contribution in [1.29, 1.82) is 0 Å². The number of aliphatic hydroxyl groups is 1. The standard InChI is InChI=1S/C11H17N5O2/c1-11(2,3)10-14-13-9(18-10)7-16-6-8(4-5-17)12-15-16/h6,17H,4-5,7H2,1-3H3. The van der Waals surface area contributed by atoms with Gasteiger partial charge in [-0.25, -0.2) is 4.68 Å². The lowest BCUT2D eigenvalue weighted by Gasteiger charge is -2.10. The SMILES string of the molecule is CC(C)(C)c1nnc(Cn2cc(CCO)nn2)o1. The molecule has 18 heavy (non-hydrogen) atoms. The van der Waals surface area contributed by atoms with E-state index < -0.39 is 0 Å². The lowest BCUT2D eigenvalue weighted by Crippen LogP contribution is -2.11. The van der Waals surface area contributed by atoms with Gasteiger partial charge in [-0.3, -0.25) is 0 Å². The van der Waals surface area contributed by atoms with Gasteiger partial charge >= 0.3 is 0 Å². The molecule has 0 amide bonds. The smallest absolute Gasteiger partial charge is 0.238 e. The Morgan fingerprint density at radius 1 is 1.28 bits per heavy atom. The zero-order valence-corrected chi connectivity index (χ0v) is 10.8. The first kappa shape index (κ1) is 12.7. The fourth-order valence-corrected chi connectivity index (χ4v) is 1.40. The van der Waals surface area contributed by atoms with Crippen molar-refractivity contribution in [3.05, 3.63) is 23.7 Å². The average molecular weight is 251 g/mol. The Hall–Kier alpha value is -1.76. The Morgan fingerprint density at radius 3 is 2.67 bits per heavy atom. The normalized spacial score (nSPS) is 12.0. The van der Waals surface area contributed by atoms with E-state index in [1.54, 1.807) is 10.9 Å². The molecule has 0 aliphatic carbocycles. The van der Waals surface area contributed by atoms with Crippen molar-refractivity contribution in [2.24, 2.45) is 0 Å². The van der Waals surface area contributed by atoms with Crippen LogP contribution >= 0.6 is 0 Å². The summed E-state index contributed by atoms with van der Waals surface area (Å²) in [5.74, 6) is 1.11. The molecule has 7 nitrogen and oxygen atoms in total. The highest BCUT2D eigenvalue weighted by atomic mass is 16.4. The number of hydrogen-bond acceptors (Lipinski definition) is 6. The van der Waals surface area contributed by atoms with Crippen LogP contribution in [0, 0.1) is 0 Å². The van der Waals surface area contributed by atoms with Crippen molar-refractivity contribution >= 4 is 0 Å². The molecule has 2 rings (SSSR count). The van der Waals surface area contributed by atoms with E-state index in [2.05, 4.69) is 20.5 Å². The first-order valence-corrected chi connectivity index (χ1v) is 5.82. The van der Waals surface area contributed by atoms with Gasteiger partial charge in [0, 0.05) is 24.6 Å². The number of aromatic nitrogens is 5. The van der Waals surface area contributed by atoms with Crippen molar-refractivity contribution in [2.45, 2.75) is 39.2 Å². The Bertz CT molecular complexity index is 511. The van der Waals surface area contributed by atoms with Gasteiger partial charge in [0.05, 0.1) is 5.69 Å². The second-order valence-corrected chi connectivity index (χ2v) is 5.13. The highest BCUT2D eigenvalue weighted by Gasteiger charge is 2.21. The number of aliphatic hydroxyl groups excluding tert-OH is 1. The zero-order chi connectivity index (χ0) is 13.2. The van der Waals surface area contributed by atoms with Crippen LogP contribution in [0.5, 0.6) is 0 Å². The summed E-state index contributed by atoms with van der Waals surface area (Å²) in [6, 6.07) is 0. The zero-order valence-electron chi connectivity index (χ0n) is 10.8. The third kappa shape index (κ3) is 2.92. The molecule has 0 atom stereocenters. The maximum absolute atomic E-state index is 8.79. The summed E-state index contributed by atoms with van der Waals surface area (Å²) in [6.45, 7) is 6.49. The topological polar surface area (TPSA) is 89.9 Å². The molecule has 1 N–H and O–H groups in total. The van der Waals surface area contributed by atoms with Gasteiger partial charge in [-0.2, -0.15) is 0 Å². The van der Waals surface area contributed by atoms with Crippen LogP contribution in [0.15, 0.2) is 10.6 Å². The fourth-order valence-electron chi connectivity index (χ4n) is 1.40. The summed E-state index contributed by atoms with van der Waals surface area (Å²) in [6.07, 6.45) is 2.26. The van der Waals surface area contributed by atoms with Crippen LogP contribution in [0.1, 0.15) is 38.2 Å². The highest BCUT2D eigenvalue weighted by Crippen LogP contribution is 2.20. The molecule has 0 aliphatic heterocycles. The van der Waals surface area contributed by atoms with E-state index in [0.717, 1.165) is 5.69 Å². The van der Waals surface area contributed by atoms with Crippen molar-refractivity contribution < 1.29 is 9.52 Å². The predicted octanol–water partition coefficient (Wildman–Crippen LogP) is 0.542. The van der Waals surface area contributed by atoms with Crippen LogP contribution in [0.4, 0.5) is 0 Å². The van der Waals surface area contributed by atoms with E-state index in [4.69, 9.17) is 9.52 Å². The number of hydrogen-bond donors (Lipinski definition) is 1. The first-order chi connectivity index (χ1) is 8.49. The molecule has 0 saturated heterocycles. The predicted molar refractivity (Wildman–Crippen MR) is 62.9 cm³/mol. The summed E-state index contributed by atoms with van der Waals surface area (Å²) in [5.41, 5.74) is 0.586. The molecule has 7 heteroatoms. The minimum absolute atomic E-state index is 0.0629. The summed E-state index contributed by atoms with van der Waals surface area (Å²) in [7, 11) is 0. The van der Waals surface area contributed by atoms with Gasteiger partial charge < -0.3 is 9.52 Å². The minimum Gasteiger partial charge on any atom is -0.423 e. The lowest BCUT2D eigenvalue weighted by molar-refractivity contribution is 0.298. The van der Waals surface area contributed by atoms with E-state index >= 15 is 0 Å². The Labute approximate surface area is 105 Å². The average Bonchev–Trinajstić information content (AvgIpc) is 2.88. The molecule has 0 unspecified atom stereocenters. The lowest BCUT2D eigenvalue weighted by atomic mass is 9.97. The second-order valence-electron chi connectivity index (χ2n) is 5.13. The Kier molecular flexibility index (Phi) is 3.42. The maximum Gasteiger partial charge on any atom is 0.238 e. The van der Waals surface area contributed by atoms with Crippen LogP contribution in [-0.2, 0) is 18.4 Å². The molecule has 0 saturated carbocycles. The molecular weight excluding hydrogens is 234 g/mol. The first-order valence-electron chi connectivity index (χ1n) is 5.82. The second kappa shape index (κ2) is 4.85. The van der Waals surface area contributed by atoms with E-state index in [0.29, 0.717) is 24.7 Å². The van der Waals surface area contributed by atoms with Crippen LogP contribution in [0.25, 0.3) is 0 Å². The summed E-state index contributed by atoms with van der Waals surface area (Å²) in [5, 5.41) is 24.6. The van der Waals surface area contributed by atoms with Gasteiger partial charge in [0.1, 0.15) is 6.54 Å². The summed E-state index contributed by atoms with van der Waals surface area (Å²) >= 11 is 0. The van der Waals surface area contributed by atoms with Gasteiger partial charge in [0.2, 0.25) is 11.8 Å². The molecule has 0 aromatic carbocycles. The van der Waals surface area contributed by atoms with Crippen molar-refractivity contribution in [3.63, 3.8) is 0 Å². The maximum atomic E-state index is 8.79. The highest BCUT2D eigenvalue weighted by molar-refractivity contribution is 4.97. The van der Waals surface area contributed by atoms with E-state index in [9.17, 15) is 0 Å². The van der Waals surface area contributed by atoms with Gasteiger partial charge in [-0.15, -0.1) is 15.3 Å². The van der Waals surface area contributed by atoms with E-state index in [1.807, 2.05) is 20.8 Å². The number of rotatable bonds is 4. The quantitative estimate of drug-likeness (QED) is 0.853. The minimum atomic E-state index is -0.157. The van der Waals surface area contributed by atoms with Crippen LogP contribution in [-0.4, -0.2) is 36.9 Å². The van der Waals surface area contributed by atoms with Gasteiger partial charge in [0.15, 0.2) is 0 Å². The van der Waals surface area contributed by atoms with Crippen LogP contribution in [0.2, 0.25) is 0 Å². The fraction of sp³-hybridized carbons (Fsp3) is 0.636. The molecule has 0 bridgehead atoms. The molecule has 0 aliphatic rings. The van der Waals surface area contributed by atoms with Crippen molar-refractivity contribution in [3.8, 4) is 0 Å². The van der Waals surface area contributed by atoms with Crippen molar-refractivity contribution in [2.75, 3.05) is 6.61 Å². The van der Waals surface area contributed by atoms with Gasteiger partial charge in [0.25, 0.3) is 0 Å². The van der Waals surface area contributed by atoms with Crippen LogP contribution in [0.3, 0.4) is 0 Å². The molecule has 2 aromatic rings. The molecule has 0 spiro atoms. The molecule has 2 aromatic heterocycles. The monoisotopic (exact) mass is 251 g/mol. The van der Waals surface area contributed by atoms with E-state index in [1.165, 1.54) is 0 Å². The van der Waals surface area contributed by atoms with E-state index in [-0.39, 0.29) is 12.0 Å². The molecule has 98 valence electrons. The summed E-state index contributed by atoms with van der Waals surface area (Å²) < 4.78 is 7.18. The molecular formula is C11H17N5O2. The van der Waals surface area contributed by atoms with Gasteiger partial charge in [-0.1, -0.05) is 26.0 Å². The van der Waals surface area contributed by atoms with Crippen molar-refractivity contribution in [1.82, 2.24) is 25.2 Å². The number of nitrogens with zero attached hydrogens (tertiary/aromatic N) is 5. The Balaban J connectivity index is 2.06.